The zero-order valence-corrected chi connectivity index (χ0v) is 18.9. The lowest BCUT2D eigenvalue weighted by molar-refractivity contribution is 0.0628. The SMILES string of the molecule is CCCCOc1ccc(CN2CCN(C(=O)c3ccc(NSCC)cc3)CC2)cc1. The molecule has 1 aliphatic heterocycles. The van der Waals surface area contributed by atoms with Crippen LogP contribution in [0.15, 0.2) is 48.5 Å². The van der Waals surface area contributed by atoms with Crippen LogP contribution < -0.4 is 9.46 Å². The van der Waals surface area contributed by atoms with E-state index in [2.05, 4.69) is 47.7 Å². The first kappa shape index (κ1) is 22.5. The standard InChI is InChI=1S/C24H33N3O2S/c1-3-5-18-29-23-12-6-20(7-13-23)19-26-14-16-27(17-15-26)24(28)21-8-10-22(11-9-21)25-30-4-2/h6-13,25H,3-5,14-19H2,1-2H3. The fourth-order valence-electron chi connectivity index (χ4n) is 3.41. The molecule has 3 rings (SSSR count). The van der Waals surface area contributed by atoms with Gasteiger partial charge in [-0.15, -0.1) is 0 Å². The van der Waals surface area contributed by atoms with Crippen molar-refractivity contribution in [3.8, 4) is 5.75 Å². The molecule has 0 aliphatic carbocycles. The van der Waals surface area contributed by atoms with E-state index in [1.165, 1.54) is 5.56 Å². The van der Waals surface area contributed by atoms with Crippen LogP contribution in [0.3, 0.4) is 0 Å². The first-order chi connectivity index (χ1) is 14.7. The second kappa shape index (κ2) is 11.9. The van der Waals surface area contributed by atoms with E-state index in [9.17, 15) is 4.79 Å². The smallest absolute Gasteiger partial charge is 0.253 e. The third-order valence-electron chi connectivity index (χ3n) is 5.22. The maximum atomic E-state index is 12.8. The number of carbonyl (C=O) groups excluding carboxylic acids is 1. The van der Waals surface area contributed by atoms with Crippen molar-refractivity contribution >= 4 is 23.5 Å². The Kier molecular flexibility index (Phi) is 8.90. The molecule has 0 unspecified atom stereocenters. The van der Waals surface area contributed by atoms with Gasteiger partial charge in [-0.3, -0.25) is 9.69 Å². The lowest BCUT2D eigenvalue weighted by atomic mass is 10.1. The lowest BCUT2D eigenvalue weighted by Gasteiger charge is -2.34. The molecule has 6 heteroatoms. The van der Waals surface area contributed by atoms with Gasteiger partial charge in [0.25, 0.3) is 5.91 Å². The Morgan fingerprint density at radius 3 is 2.33 bits per heavy atom. The number of hydrogen-bond acceptors (Lipinski definition) is 5. The number of hydrogen-bond donors (Lipinski definition) is 1. The predicted molar refractivity (Wildman–Crippen MR) is 126 cm³/mol. The highest BCUT2D eigenvalue weighted by molar-refractivity contribution is 8.00. The van der Waals surface area contributed by atoms with Gasteiger partial charge in [0.1, 0.15) is 5.75 Å². The van der Waals surface area contributed by atoms with Crippen LogP contribution in [0.1, 0.15) is 42.6 Å². The predicted octanol–water partition coefficient (Wildman–Crippen LogP) is 4.90. The molecule has 0 saturated carbocycles. The second-order valence-electron chi connectivity index (χ2n) is 7.53. The Morgan fingerprint density at radius 2 is 1.70 bits per heavy atom. The summed E-state index contributed by atoms with van der Waals surface area (Å²) in [5, 5.41) is 0. The van der Waals surface area contributed by atoms with Crippen LogP contribution in [0.4, 0.5) is 5.69 Å². The lowest BCUT2D eigenvalue weighted by Crippen LogP contribution is -2.48. The summed E-state index contributed by atoms with van der Waals surface area (Å²) in [6.07, 6.45) is 2.23. The molecule has 0 radical (unpaired) electrons. The molecule has 1 aliphatic rings. The molecular formula is C24H33N3O2S. The number of unbranched alkanes of at least 4 members (excludes halogenated alkanes) is 1. The molecule has 162 valence electrons. The second-order valence-corrected chi connectivity index (χ2v) is 8.60. The maximum absolute atomic E-state index is 12.8. The van der Waals surface area contributed by atoms with Crippen LogP contribution in [0.25, 0.3) is 0 Å². The van der Waals surface area contributed by atoms with Crippen LogP contribution in [-0.2, 0) is 6.54 Å². The highest BCUT2D eigenvalue weighted by Gasteiger charge is 2.22. The fraction of sp³-hybridized carbons (Fsp3) is 0.458. The number of benzene rings is 2. The third-order valence-corrected chi connectivity index (χ3v) is 5.89. The normalized spacial score (nSPS) is 14.5. The minimum absolute atomic E-state index is 0.123. The summed E-state index contributed by atoms with van der Waals surface area (Å²) < 4.78 is 9.00. The van der Waals surface area contributed by atoms with Gasteiger partial charge in [-0.25, -0.2) is 0 Å². The summed E-state index contributed by atoms with van der Waals surface area (Å²) in [6, 6.07) is 16.2. The van der Waals surface area contributed by atoms with Crippen molar-refractivity contribution in [2.45, 2.75) is 33.2 Å². The van der Waals surface area contributed by atoms with Gasteiger partial charge < -0.3 is 14.4 Å². The van der Waals surface area contributed by atoms with E-state index < -0.39 is 0 Å². The number of rotatable bonds is 10. The third kappa shape index (κ3) is 6.67. The molecule has 1 saturated heterocycles. The zero-order valence-electron chi connectivity index (χ0n) is 18.1. The van der Waals surface area contributed by atoms with Crippen molar-refractivity contribution in [2.24, 2.45) is 0 Å². The minimum Gasteiger partial charge on any atom is -0.494 e. The van der Waals surface area contributed by atoms with Gasteiger partial charge in [0, 0.05) is 49.7 Å². The van der Waals surface area contributed by atoms with E-state index in [1.54, 1.807) is 11.9 Å². The molecule has 0 aromatic heterocycles. The molecule has 5 nitrogen and oxygen atoms in total. The van der Waals surface area contributed by atoms with E-state index >= 15 is 0 Å². The van der Waals surface area contributed by atoms with Crippen LogP contribution >= 0.6 is 11.9 Å². The van der Waals surface area contributed by atoms with Crippen molar-refractivity contribution < 1.29 is 9.53 Å². The molecular weight excluding hydrogens is 394 g/mol. The summed E-state index contributed by atoms with van der Waals surface area (Å²) in [4.78, 5) is 17.2. The minimum atomic E-state index is 0.123. The molecule has 2 aromatic carbocycles. The number of nitrogens with zero attached hydrogens (tertiary/aromatic N) is 2. The average molecular weight is 428 g/mol. The Labute approximate surface area is 184 Å². The number of carbonyl (C=O) groups is 1. The van der Waals surface area contributed by atoms with Crippen molar-refractivity contribution in [1.82, 2.24) is 9.80 Å². The van der Waals surface area contributed by atoms with Gasteiger partial charge in [-0.1, -0.05) is 44.3 Å². The van der Waals surface area contributed by atoms with Crippen molar-refractivity contribution in [3.63, 3.8) is 0 Å². The van der Waals surface area contributed by atoms with Gasteiger partial charge in [0.2, 0.25) is 0 Å². The van der Waals surface area contributed by atoms with Crippen LogP contribution in [0.5, 0.6) is 5.75 Å². The summed E-state index contributed by atoms with van der Waals surface area (Å²) in [5.41, 5.74) is 3.07. The molecule has 1 heterocycles. The molecule has 0 bridgehead atoms. The Bertz CT molecular complexity index is 772. The van der Waals surface area contributed by atoms with Crippen LogP contribution in [-0.4, -0.2) is 54.2 Å². The Morgan fingerprint density at radius 1 is 1.00 bits per heavy atom. The monoisotopic (exact) mass is 427 g/mol. The van der Waals surface area contributed by atoms with E-state index in [-0.39, 0.29) is 5.91 Å². The summed E-state index contributed by atoms with van der Waals surface area (Å²) >= 11 is 1.65. The molecule has 0 atom stereocenters. The topological polar surface area (TPSA) is 44.8 Å². The van der Waals surface area contributed by atoms with E-state index in [4.69, 9.17) is 4.74 Å². The molecule has 30 heavy (non-hydrogen) atoms. The number of anilines is 1. The average Bonchev–Trinajstić information content (AvgIpc) is 2.79. The highest BCUT2D eigenvalue weighted by Crippen LogP contribution is 2.18. The number of ether oxygens (including phenoxy) is 1. The molecule has 0 spiro atoms. The molecule has 1 fully saturated rings. The molecule has 1 N–H and O–H groups in total. The van der Waals surface area contributed by atoms with Crippen molar-refractivity contribution in [3.05, 3.63) is 59.7 Å². The quantitative estimate of drug-likeness (QED) is 0.431. The number of piperazine rings is 1. The highest BCUT2D eigenvalue weighted by atomic mass is 32.2. The summed E-state index contributed by atoms with van der Waals surface area (Å²) in [5.74, 6) is 2.07. The summed E-state index contributed by atoms with van der Waals surface area (Å²) in [6.45, 7) is 9.29. The zero-order chi connectivity index (χ0) is 21.2. The molecule has 1 amide bonds. The van der Waals surface area contributed by atoms with Crippen LogP contribution in [0.2, 0.25) is 0 Å². The maximum Gasteiger partial charge on any atom is 0.253 e. The van der Waals surface area contributed by atoms with E-state index in [0.29, 0.717) is 0 Å². The Hall–Kier alpha value is -2.18. The Balaban J connectivity index is 1.44. The number of amides is 1. The van der Waals surface area contributed by atoms with Gasteiger partial charge >= 0.3 is 0 Å². The van der Waals surface area contributed by atoms with Gasteiger partial charge in [0.15, 0.2) is 0 Å². The van der Waals surface area contributed by atoms with Gasteiger partial charge in [0.05, 0.1) is 6.61 Å². The van der Waals surface area contributed by atoms with Gasteiger partial charge in [-0.2, -0.15) is 0 Å². The van der Waals surface area contributed by atoms with E-state index in [0.717, 1.165) is 74.9 Å². The largest absolute Gasteiger partial charge is 0.494 e. The van der Waals surface area contributed by atoms with E-state index in [1.807, 2.05) is 29.2 Å². The fourth-order valence-corrected chi connectivity index (χ4v) is 3.86. The van der Waals surface area contributed by atoms with Crippen LogP contribution in [0, 0.1) is 0 Å². The van der Waals surface area contributed by atoms with Crippen molar-refractivity contribution in [1.29, 1.82) is 0 Å². The first-order valence-corrected chi connectivity index (χ1v) is 11.9. The van der Waals surface area contributed by atoms with Gasteiger partial charge in [-0.05, 0) is 48.4 Å². The van der Waals surface area contributed by atoms with Crippen molar-refractivity contribution in [2.75, 3.05) is 43.3 Å². The number of nitrogens with one attached hydrogen (secondary N) is 1. The summed E-state index contributed by atoms with van der Waals surface area (Å²) in [7, 11) is 0. The molecule has 2 aromatic rings. The first-order valence-electron chi connectivity index (χ1n) is 10.9.